The number of benzene rings is 1. The minimum atomic E-state index is 0.0432. The molecule has 5 heteroatoms. The summed E-state index contributed by atoms with van der Waals surface area (Å²) in [4.78, 5) is 3.68. The van der Waals surface area contributed by atoms with Crippen LogP contribution in [0.1, 0.15) is 24.3 Å². The van der Waals surface area contributed by atoms with E-state index in [2.05, 4.69) is 52.0 Å². The molecule has 112 valence electrons. The predicted molar refractivity (Wildman–Crippen MR) is 92.3 cm³/mol. The van der Waals surface area contributed by atoms with Crippen LogP contribution < -0.4 is 15.4 Å². The highest BCUT2D eigenvalue weighted by Gasteiger charge is 2.28. The molecule has 1 aromatic heterocycles. The van der Waals surface area contributed by atoms with Crippen LogP contribution in [-0.4, -0.2) is 19.2 Å². The van der Waals surface area contributed by atoms with Crippen molar-refractivity contribution in [3.8, 4) is 5.75 Å². The van der Waals surface area contributed by atoms with Crippen LogP contribution in [0.5, 0.6) is 5.75 Å². The van der Waals surface area contributed by atoms with Crippen LogP contribution in [0.3, 0.4) is 0 Å². The Morgan fingerprint density at radius 1 is 1.29 bits per heavy atom. The third-order valence-electron chi connectivity index (χ3n) is 3.69. The van der Waals surface area contributed by atoms with Crippen molar-refractivity contribution < 1.29 is 4.74 Å². The topological polar surface area (TPSA) is 38.5 Å². The maximum atomic E-state index is 6.33. The van der Waals surface area contributed by atoms with Gasteiger partial charge in [-0.05, 0) is 53.5 Å². The van der Waals surface area contributed by atoms with E-state index in [1.807, 2.05) is 12.1 Å². The molecular formula is C16H19BrN2OS. The first-order chi connectivity index (χ1) is 10.2. The smallest absolute Gasteiger partial charge is 0.142 e. The molecule has 2 aromatic rings. The van der Waals surface area contributed by atoms with Crippen LogP contribution in [0.4, 0.5) is 5.69 Å². The summed E-state index contributed by atoms with van der Waals surface area (Å²) in [6, 6.07) is 12.7. The Bertz CT molecular complexity index is 614. The summed E-state index contributed by atoms with van der Waals surface area (Å²) in [6.45, 7) is 3.79. The van der Waals surface area contributed by atoms with Crippen molar-refractivity contribution in [2.45, 2.75) is 25.4 Å². The second-order valence-electron chi connectivity index (χ2n) is 5.31. The first-order valence-corrected chi connectivity index (χ1v) is 8.77. The van der Waals surface area contributed by atoms with Gasteiger partial charge < -0.3 is 15.4 Å². The van der Waals surface area contributed by atoms with Gasteiger partial charge in [-0.15, -0.1) is 11.3 Å². The Morgan fingerprint density at radius 2 is 2.10 bits per heavy atom. The van der Waals surface area contributed by atoms with Gasteiger partial charge in [0.05, 0.1) is 22.1 Å². The van der Waals surface area contributed by atoms with Crippen molar-refractivity contribution >= 4 is 33.0 Å². The molecule has 0 radical (unpaired) electrons. The minimum absolute atomic E-state index is 0.0432. The summed E-state index contributed by atoms with van der Waals surface area (Å²) < 4.78 is 7.00. The number of anilines is 1. The summed E-state index contributed by atoms with van der Waals surface area (Å²) >= 11 is 5.31. The second-order valence-corrected chi connectivity index (χ2v) is 7.80. The fourth-order valence-electron chi connectivity index (χ4n) is 2.83. The highest BCUT2D eigenvalue weighted by molar-refractivity contribution is 9.11. The van der Waals surface area contributed by atoms with Crippen LogP contribution in [0.15, 0.2) is 40.2 Å². The predicted octanol–water partition coefficient (Wildman–Crippen LogP) is 4.19. The Labute approximate surface area is 137 Å². The molecule has 0 spiro atoms. The maximum Gasteiger partial charge on any atom is 0.142 e. The van der Waals surface area contributed by atoms with E-state index in [9.17, 15) is 0 Å². The van der Waals surface area contributed by atoms with E-state index in [0.717, 1.165) is 34.8 Å². The first kappa shape index (κ1) is 14.9. The average molecular weight is 367 g/mol. The molecule has 2 N–H and O–H groups in total. The SMILES string of the molecule is CC(N)C(c1ccc(Br)s1)N1CCCOc2ccccc21. The van der Waals surface area contributed by atoms with E-state index in [0.29, 0.717) is 0 Å². The van der Waals surface area contributed by atoms with E-state index in [4.69, 9.17) is 10.5 Å². The molecule has 3 rings (SSSR count). The quantitative estimate of drug-likeness (QED) is 0.884. The average Bonchev–Trinajstić information content (AvgIpc) is 2.77. The summed E-state index contributed by atoms with van der Waals surface area (Å²) in [5.41, 5.74) is 7.47. The summed E-state index contributed by atoms with van der Waals surface area (Å²) in [7, 11) is 0. The van der Waals surface area contributed by atoms with Gasteiger partial charge in [0.2, 0.25) is 0 Å². The molecule has 0 amide bonds. The van der Waals surface area contributed by atoms with Gasteiger partial charge in [0.15, 0.2) is 0 Å². The zero-order chi connectivity index (χ0) is 14.8. The number of ether oxygens (including phenoxy) is 1. The highest BCUT2D eigenvalue weighted by atomic mass is 79.9. The van der Waals surface area contributed by atoms with Gasteiger partial charge in [-0.25, -0.2) is 0 Å². The zero-order valence-electron chi connectivity index (χ0n) is 12.0. The van der Waals surface area contributed by atoms with Crippen molar-refractivity contribution in [2.75, 3.05) is 18.1 Å². The molecule has 0 saturated carbocycles. The van der Waals surface area contributed by atoms with Crippen molar-refractivity contribution in [2.24, 2.45) is 5.73 Å². The lowest BCUT2D eigenvalue weighted by molar-refractivity contribution is 0.322. The van der Waals surface area contributed by atoms with Gasteiger partial charge in [0.1, 0.15) is 5.75 Å². The molecular weight excluding hydrogens is 348 g/mol. The van der Waals surface area contributed by atoms with Gasteiger partial charge in [0, 0.05) is 17.5 Å². The lowest BCUT2D eigenvalue weighted by Crippen LogP contribution is -2.39. The number of para-hydroxylation sites is 2. The standard InChI is InChI=1S/C16H19BrN2OS/c1-11(18)16(14-7-8-15(17)21-14)19-9-4-10-20-13-6-3-2-5-12(13)19/h2-3,5-8,11,16H,4,9-10,18H2,1H3. The van der Waals surface area contributed by atoms with Crippen LogP contribution in [0, 0.1) is 0 Å². The molecule has 2 unspecified atom stereocenters. The first-order valence-electron chi connectivity index (χ1n) is 7.16. The fourth-order valence-corrected chi connectivity index (χ4v) is 4.48. The molecule has 0 saturated heterocycles. The molecule has 0 fully saturated rings. The lowest BCUT2D eigenvalue weighted by atomic mass is 10.1. The van der Waals surface area contributed by atoms with Crippen molar-refractivity contribution in [1.29, 1.82) is 0 Å². The monoisotopic (exact) mass is 366 g/mol. The number of hydrogen-bond acceptors (Lipinski definition) is 4. The zero-order valence-corrected chi connectivity index (χ0v) is 14.4. The van der Waals surface area contributed by atoms with Crippen molar-refractivity contribution in [1.82, 2.24) is 0 Å². The van der Waals surface area contributed by atoms with Gasteiger partial charge in [-0.2, -0.15) is 0 Å². The van der Waals surface area contributed by atoms with Crippen molar-refractivity contribution in [3.05, 3.63) is 45.1 Å². The molecule has 0 bridgehead atoms. The van der Waals surface area contributed by atoms with Crippen LogP contribution in [0.2, 0.25) is 0 Å². The number of hydrogen-bond donors (Lipinski definition) is 1. The molecule has 2 atom stereocenters. The molecule has 0 aliphatic carbocycles. The third kappa shape index (κ3) is 3.10. The van der Waals surface area contributed by atoms with E-state index in [-0.39, 0.29) is 12.1 Å². The molecule has 2 heterocycles. The maximum absolute atomic E-state index is 6.33. The fraction of sp³-hybridized carbons (Fsp3) is 0.375. The number of rotatable bonds is 3. The van der Waals surface area contributed by atoms with Crippen LogP contribution >= 0.6 is 27.3 Å². The van der Waals surface area contributed by atoms with E-state index in [1.165, 1.54) is 4.88 Å². The highest BCUT2D eigenvalue weighted by Crippen LogP contribution is 2.40. The number of halogens is 1. The molecule has 3 nitrogen and oxygen atoms in total. The van der Waals surface area contributed by atoms with Crippen LogP contribution in [-0.2, 0) is 0 Å². The number of fused-ring (bicyclic) bond motifs is 1. The molecule has 1 aliphatic rings. The Balaban J connectivity index is 2.03. The second kappa shape index (κ2) is 6.38. The molecule has 1 aliphatic heterocycles. The summed E-state index contributed by atoms with van der Waals surface area (Å²) in [5.74, 6) is 0.955. The van der Waals surface area contributed by atoms with Crippen LogP contribution in [0.25, 0.3) is 0 Å². The Hall–Kier alpha value is -1.04. The normalized spacial score (nSPS) is 17.6. The largest absolute Gasteiger partial charge is 0.491 e. The van der Waals surface area contributed by atoms with E-state index in [1.54, 1.807) is 11.3 Å². The summed E-state index contributed by atoms with van der Waals surface area (Å²) in [6.07, 6.45) is 1.00. The lowest BCUT2D eigenvalue weighted by Gasteiger charge is -2.35. The van der Waals surface area contributed by atoms with Gasteiger partial charge in [-0.3, -0.25) is 0 Å². The van der Waals surface area contributed by atoms with Crippen molar-refractivity contribution in [3.63, 3.8) is 0 Å². The van der Waals surface area contributed by atoms with Gasteiger partial charge in [0.25, 0.3) is 0 Å². The van der Waals surface area contributed by atoms with Gasteiger partial charge in [-0.1, -0.05) is 12.1 Å². The Kier molecular flexibility index (Phi) is 4.52. The van der Waals surface area contributed by atoms with E-state index < -0.39 is 0 Å². The Morgan fingerprint density at radius 3 is 2.81 bits per heavy atom. The van der Waals surface area contributed by atoms with E-state index >= 15 is 0 Å². The third-order valence-corrected chi connectivity index (χ3v) is 5.39. The number of nitrogens with two attached hydrogens (primary N) is 1. The molecule has 1 aromatic carbocycles. The minimum Gasteiger partial charge on any atom is -0.491 e. The molecule has 21 heavy (non-hydrogen) atoms. The number of thiophene rings is 1. The van der Waals surface area contributed by atoms with Gasteiger partial charge >= 0.3 is 0 Å². The summed E-state index contributed by atoms with van der Waals surface area (Å²) in [5, 5.41) is 0. The number of nitrogens with zero attached hydrogens (tertiary/aromatic N) is 1.